The minimum absolute atomic E-state index is 0.824. The van der Waals surface area contributed by atoms with Gasteiger partial charge in [-0.2, -0.15) is 0 Å². The number of aliphatic hydroxyl groups excluding tert-OH is 2. The Morgan fingerprint density at radius 1 is 0.667 bits per heavy atom. The van der Waals surface area contributed by atoms with Crippen molar-refractivity contribution in [3.8, 4) is 0 Å². The first-order chi connectivity index (χ1) is 11.7. The fourth-order valence-electron chi connectivity index (χ4n) is 3.90. The van der Waals surface area contributed by atoms with Crippen molar-refractivity contribution in [2.24, 2.45) is 0 Å². The molecular formula is C22H16O2. The standard InChI is InChI=1S/C22H16O2/c23-20-10-9-17-15-7-3-4-8-16(15)18-11-13-5-1-2-6-14(13)12-19(18)21(17)22(20)24/h1-12,20,22-24H/t20-,22+/m1/s1. The first kappa shape index (κ1) is 13.7. The fourth-order valence-corrected chi connectivity index (χ4v) is 3.90. The Bertz CT molecular complexity index is 1140. The monoisotopic (exact) mass is 312 g/mol. The van der Waals surface area contributed by atoms with Gasteiger partial charge >= 0.3 is 0 Å². The maximum absolute atomic E-state index is 10.7. The Morgan fingerprint density at radius 2 is 1.29 bits per heavy atom. The summed E-state index contributed by atoms with van der Waals surface area (Å²) in [4.78, 5) is 0. The first-order valence-electron chi connectivity index (χ1n) is 8.15. The van der Waals surface area contributed by atoms with Crippen molar-refractivity contribution in [3.63, 3.8) is 0 Å². The highest BCUT2D eigenvalue weighted by atomic mass is 16.3. The van der Waals surface area contributed by atoms with Gasteiger partial charge in [-0.1, -0.05) is 60.7 Å². The molecule has 2 N–H and O–H groups in total. The maximum Gasteiger partial charge on any atom is 0.110 e. The molecule has 2 heteroatoms. The maximum atomic E-state index is 10.7. The molecule has 1 aliphatic rings. The molecule has 0 spiro atoms. The van der Waals surface area contributed by atoms with Gasteiger partial charge in [0.25, 0.3) is 0 Å². The van der Waals surface area contributed by atoms with Gasteiger partial charge in [0, 0.05) is 0 Å². The number of benzene rings is 4. The normalized spacial score (nSPS) is 19.9. The molecule has 0 aromatic heterocycles. The highest BCUT2D eigenvalue weighted by Gasteiger charge is 2.26. The van der Waals surface area contributed by atoms with Gasteiger partial charge in [-0.15, -0.1) is 0 Å². The molecular weight excluding hydrogens is 296 g/mol. The van der Waals surface area contributed by atoms with Crippen LogP contribution in [0.1, 0.15) is 17.2 Å². The topological polar surface area (TPSA) is 40.5 Å². The number of hydrogen-bond acceptors (Lipinski definition) is 2. The zero-order chi connectivity index (χ0) is 16.3. The van der Waals surface area contributed by atoms with Crippen LogP contribution in [0.3, 0.4) is 0 Å². The van der Waals surface area contributed by atoms with Crippen LogP contribution >= 0.6 is 0 Å². The Hall–Kier alpha value is -2.68. The molecule has 0 saturated heterocycles. The minimum Gasteiger partial charge on any atom is -0.386 e. The lowest BCUT2D eigenvalue weighted by Gasteiger charge is -2.25. The predicted octanol–water partition coefficient (Wildman–Crippen LogP) is 4.57. The highest BCUT2D eigenvalue weighted by Crippen LogP contribution is 2.41. The van der Waals surface area contributed by atoms with Crippen LogP contribution < -0.4 is 0 Å². The minimum atomic E-state index is -0.904. The molecule has 4 aromatic rings. The van der Waals surface area contributed by atoms with Crippen LogP contribution in [0.2, 0.25) is 0 Å². The molecule has 24 heavy (non-hydrogen) atoms. The lowest BCUT2D eigenvalue weighted by Crippen LogP contribution is -2.20. The van der Waals surface area contributed by atoms with Crippen LogP contribution in [0.15, 0.2) is 66.7 Å². The van der Waals surface area contributed by atoms with Crippen LogP contribution in [0.4, 0.5) is 0 Å². The molecule has 0 bridgehead atoms. The van der Waals surface area contributed by atoms with E-state index in [-0.39, 0.29) is 0 Å². The number of hydrogen-bond donors (Lipinski definition) is 2. The van der Waals surface area contributed by atoms with Gasteiger partial charge in [-0.3, -0.25) is 0 Å². The first-order valence-corrected chi connectivity index (χ1v) is 8.15. The number of aliphatic hydroxyl groups is 2. The molecule has 0 heterocycles. The van der Waals surface area contributed by atoms with Crippen LogP contribution in [0.5, 0.6) is 0 Å². The SMILES string of the molecule is O[C@@H]1C=Cc2c(c3cc4ccccc4cc3c3ccccc23)[C@H]1O. The van der Waals surface area contributed by atoms with E-state index >= 15 is 0 Å². The summed E-state index contributed by atoms with van der Waals surface area (Å²) in [6.07, 6.45) is 1.84. The van der Waals surface area contributed by atoms with E-state index in [0.29, 0.717) is 0 Å². The summed E-state index contributed by atoms with van der Waals surface area (Å²) in [6, 6.07) is 20.8. The van der Waals surface area contributed by atoms with Crippen molar-refractivity contribution in [1.29, 1.82) is 0 Å². The second-order valence-electron chi connectivity index (χ2n) is 6.41. The Kier molecular flexibility index (Phi) is 2.81. The van der Waals surface area contributed by atoms with Crippen LogP contribution in [-0.4, -0.2) is 16.3 Å². The van der Waals surface area contributed by atoms with Gasteiger partial charge in [0.05, 0.1) is 0 Å². The van der Waals surface area contributed by atoms with E-state index < -0.39 is 12.2 Å². The quantitative estimate of drug-likeness (QED) is 0.369. The average Bonchev–Trinajstić information content (AvgIpc) is 2.63. The Labute approximate surface area is 139 Å². The van der Waals surface area contributed by atoms with E-state index in [1.807, 2.05) is 30.3 Å². The molecule has 0 fully saturated rings. The fraction of sp³-hybridized carbons (Fsp3) is 0.0909. The third-order valence-electron chi connectivity index (χ3n) is 5.05. The largest absolute Gasteiger partial charge is 0.386 e. The number of rotatable bonds is 0. The lowest BCUT2D eigenvalue weighted by atomic mass is 9.83. The smallest absolute Gasteiger partial charge is 0.110 e. The molecule has 5 rings (SSSR count). The highest BCUT2D eigenvalue weighted by molar-refractivity contribution is 6.16. The average molecular weight is 312 g/mol. The van der Waals surface area contributed by atoms with Crippen molar-refractivity contribution >= 4 is 38.4 Å². The summed E-state index contributed by atoms with van der Waals surface area (Å²) in [7, 11) is 0. The summed E-state index contributed by atoms with van der Waals surface area (Å²) in [5.74, 6) is 0. The van der Waals surface area contributed by atoms with E-state index in [1.165, 1.54) is 10.8 Å². The molecule has 1 aliphatic carbocycles. The van der Waals surface area contributed by atoms with Gasteiger partial charge < -0.3 is 10.2 Å². The molecule has 116 valence electrons. The molecule has 0 aliphatic heterocycles. The zero-order valence-electron chi connectivity index (χ0n) is 13.0. The lowest BCUT2D eigenvalue weighted by molar-refractivity contribution is 0.0481. The van der Waals surface area contributed by atoms with Gasteiger partial charge in [0.1, 0.15) is 12.2 Å². The van der Waals surface area contributed by atoms with Crippen molar-refractivity contribution in [2.75, 3.05) is 0 Å². The summed E-state index contributed by atoms with van der Waals surface area (Å²) >= 11 is 0. The number of fused-ring (bicyclic) bond motifs is 7. The van der Waals surface area contributed by atoms with Gasteiger partial charge in [0.2, 0.25) is 0 Å². The summed E-state index contributed by atoms with van der Waals surface area (Å²) < 4.78 is 0. The van der Waals surface area contributed by atoms with Crippen LogP contribution in [0, 0.1) is 0 Å². The molecule has 4 aromatic carbocycles. The van der Waals surface area contributed by atoms with Crippen molar-refractivity contribution in [2.45, 2.75) is 12.2 Å². The molecule has 0 unspecified atom stereocenters. The summed E-state index contributed by atoms with van der Waals surface area (Å²) in [6.45, 7) is 0. The second kappa shape index (κ2) is 4.91. The Morgan fingerprint density at radius 3 is 2.04 bits per heavy atom. The van der Waals surface area contributed by atoms with Crippen molar-refractivity contribution in [3.05, 3.63) is 77.9 Å². The Balaban J connectivity index is 2.07. The summed E-state index contributed by atoms with van der Waals surface area (Å²) in [5, 5.41) is 27.5. The van der Waals surface area contributed by atoms with Crippen molar-refractivity contribution in [1.82, 2.24) is 0 Å². The summed E-state index contributed by atoms with van der Waals surface area (Å²) in [5.41, 5.74) is 1.83. The van der Waals surface area contributed by atoms with E-state index in [0.717, 1.165) is 32.7 Å². The third-order valence-corrected chi connectivity index (χ3v) is 5.05. The van der Waals surface area contributed by atoms with E-state index in [9.17, 15) is 10.2 Å². The second-order valence-corrected chi connectivity index (χ2v) is 6.41. The molecule has 0 saturated carbocycles. The van der Waals surface area contributed by atoms with Crippen LogP contribution in [-0.2, 0) is 0 Å². The molecule has 0 amide bonds. The van der Waals surface area contributed by atoms with E-state index in [2.05, 4.69) is 36.4 Å². The van der Waals surface area contributed by atoms with Gasteiger partial charge in [-0.05, 0) is 55.6 Å². The predicted molar refractivity (Wildman–Crippen MR) is 99.0 cm³/mol. The molecule has 2 nitrogen and oxygen atoms in total. The van der Waals surface area contributed by atoms with Gasteiger partial charge in [-0.25, -0.2) is 0 Å². The zero-order valence-corrected chi connectivity index (χ0v) is 13.0. The van der Waals surface area contributed by atoms with E-state index in [1.54, 1.807) is 6.08 Å². The van der Waals surface area contributed by atoms with Gasteiger partial charge in [0.15, 0.2) is 0 Å². The van der Waals surface area contributed by atoms with Crippen molar-refractivity contribution < 1.29 is 10.2 Å². The molecule has 2 atom stereocenters. The van der Waals surface area contributed by atoms with Crippen LogP contribution in [0.25, 0.3) is 38.4 Å². The third kappa shape index (κ3) is 1.78. The van der Waals surface area contributed by atoms with E-state index in [4.69, 9.17) is 0 Å². The molecule has 0 radical (unpaired) electrons.